The molecule has 8 heteroatoms. The van der Waals surface area contributed by atoms with E-state index < -0.39 is 18.1 Å². The molecule has 0 rings (SSSR count). The summed E-state index contributed by atoms with van der Waals surface area (Å²) >= 11 is 0. The van der Waals surface area contributed by atoms with Crippen molar-refractivity contribution in [3.8, 4) is 0 Å². The standard InChI is InChI=1S/C48H77NO7/c1-6-8-10-12-14-16-18-20-21-22-23-24-25-27-29-31-33-35-37-39-47(51)56-44(42-54-41-40-45(48(52)53)49(3,4)5)43-55-46(50)38-36-34-32-30-28-26-19-17-15-13-11-9-7-2/h8-11,13-17,19-21,23-24,26,28,44-45H,6-7,12,18,22,25,27,29-43H2,1-5H3/b10-8+,11-9+,15-13+,16-14+,19-17+,21-20+,24-23+,28-26+. The highest BCUT2D eigenvalue weighted by Crippen LogP contribution is 2.12. The summed E-state index contributed by atoms with van der Waals surface area (Å²) in [4.78, 5) is 36.8. The number of hydrogen-bond acceptors (Lipinski definition) is 7. The highest BCUT2D eigenvalue weighted by Gasteiger charge is 2.25. The molecule has 0 spiro atoms. The average Bonchev–Trinajstić information content (AvgIpc) is 3.15. The van der Waals surface area contributed by atoms with E-state index in [1.165, 1.54) is 12.8 Å². The van der Waals surface area contributed by atoms with Gasteiger partial charge in [-0.05, 0) is 70.6 Å². The van der Waals surface area contributed by atoms with E-state index in [1.807, 2.05) is 36.5 Å². The van der Waals surface area contributed by atoms with Crippen LogP contribution in [0.1, 0.15) is 136 Å². The fraction of sp³-hybridized carbons (Fsp3) is 0.604. The van der Waals surface area contributed by atoms with E-state index in [0.29, 0.717) is 6.42 Å². The van der Waals surface area contributed by atoms with E-state index in [4.69, 9.17) is 14.2 Å². The molecule has 0 heterocycles. The second-order valence-corrected chi connectivity index (χ2v) is 14.9. The number of unbranched alkanes of at least 4 members (excludes halogenated alkanes) is 9. The number of carboxylic acids is 1. The second kappa shape index (κ2) is 38.1. The summed E-state index contributed by atoms with van der Waals surface area (Å²) in [6.07, 6.45) is 50.0. The lowest BCUT2D eigenvalue weighted by Crippen LogP contribution is -2.55. The SMILES string of the molecule is CC/C=C/C=C/C=C/C=C/CCCCCC(=O)OCC(COCCC(C(=O)[O-])[N+](C)(C)C)OC(=O)CCCCCCCC/C=C/C/C=C/C/C=C/C/C=C/CC. The highest BCUT2D eigenvalue weighted by atomic mass is 16.6. The molecule has 0 radical (unpaired) electrons. The summed E-state index contributed by atoms with van der Waals surface area (Å²) in [5.74, 6) is -1.82. The number of hydrogen-bond donors (Lipinski definition) is 0. The van der Waals surface area contributed by atoms with E-state index in [-0.39, 0.29) is 49.1 Å². The first kappa shape index (κ1) is 52.2. The molecule has 0 aliphatic rings. The number of esters is 2. The van der Waals surface area contributed by atoms with Gasteiger partial charge in [0.2, 0.25) is 0 Å². The number of aliphatic carboxylic acids is 1. The van der Waals surface area contributed by atoms with Gasteiger partial charge < -0.3 is 28.6 Å². The van der Waals surface area contributed by atoms with Crippen LogP contribution >= 0.6 is 0 Å². The molecule has 2 atom stereocenters. The summed E-state index contributed by atoms with van der Waals surface area (Å²) in [6.45, 7) is 4.32. The van der Waals surface area contributed by atoms with Crippen LogP contribution in [0.15, 0.2) is 97.2 Å². The number of nitrogens with zero attached hydrogens (tertiary/aromatic N) is 1. The average molecular weight is 780 g/mol. The fourth-order valence-electron chi connectivity index (χ4n) is 5.54. The summed E-state index contributed by atoms with van der Waals surface area (Å²) in [6, 6.07) is -0.740. The van der Waals surface area contributed by atoms with Crippen LogP contribution in [0.3, 0.4) is 0 Å². The number of ether oxygens (including phenoxy) is 3. The van der Waals surface area contributed by atoms with Gasteiger partial charge in [-0.25, -0.2) is 0 Å². The van der Waals surface area contributed by atoms with E-state index in [0.717, 1.165) is 89.9 Å². The maximum absolute atomic E-state index is 12.7. The summed E-state index contributed by atoms with van der Waals surface area (Å²) in [5, 5.41) is 11.6. The molecule has 0 aromatic carbocycles. The molecule has 0 saturated heterocycles. The Labute approximate surface area is 341 Å². The van der Waals surface area contributed by atoms with Crippen molar-refractivity contribution in [2.75, 3.05) is 41.0 Å². The second-order valence-electron chi connectivity index (χ2n) is 14.9. The lowest BCUT2D eigenvalue weighted by Gasteiger charge is -2.34. The summed E-state index contributed by atoms with van der Waals surface area (Å²) in [7, 11) is 5.37. The Morgan fingerprint density at radius 2 is 1.04 bits per heavy atom. The lowest BCUT2D eigenvalue weighted by molar-refractivity contribution is -0.889. The van der Waals surface area contributed by atoms with E-state index >= 15 is 0 Å². The number of carboxylic acid groups (broad SMARTS) is 1. The summed E-state index contributed by atoms with van der Waals surface area (Å²) < 4.78 is 17.1. The third-order valence-electron chi connectivity index (χ3n) is 8.81. The van der Waals surface area contributed by atoms with Gasteiger partial charge in [-0.1, -0.05) is 143 Å². The monoisotopic (exact) mass is 780 g/mol. The summed E-state index contributed by atoms with van der Waals surface area (Å²) in [5.41, 5.74) is 0. The largest absolute Gasteiger partial charge is 0.544 e. The molecule has 0 bridgehead atoms. The minimum Gasteiger partial charge on any atom is -0.544 e. The van der Waals surface area contributed by atoms with Gasteiger partial charge in [-0.2, -0.15) is 0 Å². The molecule has 0 aliphatic heterocycles. The van der Waals surface area contributed by atoms with Crippen LogP contribution in [-0.2, 0) is 28.6 Å². The Balaban J connectivity index is 4.45. The van der Waals surface area contributed by atoms with Gasteiger partial charge in [0.05, 0.1) is 40.3 Å². The normalized spacial score (nSPS) is 13.9. The first-order valence-electron chi connectivity index (χ1n) is 21.3. The quantitative estimate of drug-likeness (QED) is 0.0205. The zero-order chi connectivity index (χ0) is 41.4. The van der Waals surface area contributed by atoms with Gasteiger partial charge in [-0.3, -0.25) is 9.59 Å². The molecule has 316 valence electrons. The molecule has 0 amide bonds. The maximum atomic E-state index is 12.7. The molecule has 2 unspecified atom stereocenters. The molecule has 0 N–H and O–H groups in total. The van der Waals surface area contributed by atoms with Crippen LogP contribution < -0.4 is 5.11 Å². The lowest BCUT2D eigenvalue weighted by atomic mass is 10.1. The molecule has 0 saturated carbocycles. The van der Waals surface area contributed by atoms with E-state index in [2.05, 4.69) is 74.6 Å². The van der Waals surface area contributed by atoms with Crippen molar-refractivity contribution in [1.82, 2.24) is 0 Å². The van der Waals surface area contributed by atoms with Gasteiger partial charge in [-0.15, -0.1) is 0 Å². The van der Waals surface area contributed by atoms with Gasteiger partial charge in [0, 0.05) is 19.3 Å². The minimum atomic E-state index is -1.14. The van der Waals surface area contributed by atoms with Gasteiger partial charge in [0.15, 0.2) is 6.10 Å². The molecule has 0 fully saturated rings. The van der Waals surface area contributed by atoms with Gasteiger partial charge in [0.1, 0.15) is 12.6 Å². The molecule has 56 heavy (non-hydrogen) atoms. The van der Waals surface area contributed by atoms with Crippen LogP contribution in [0.2, 0.25) is 0 Å². The molecule has 0 aliphatic carbocycles. The third-order valence-corrected chi connectivity index (χ3v) is 8.81. The first-order valence-corrected chi connectivity index (χ1v) is 21.3. The Morgan fingerprint density at radius 1 is 0.554 bits per heavy atom. The maximum Gasteiger partial charge on any atom is 0.306 e. The van der Waals surface area contributed by atoms with Crippen molar-refractivity contribution in [2.45, 2.75) is 148 Å². The van der Waals surface area contributed by atoms with Crippen molar-refractivity contribution in [3.05, 3.63) is 97.2 Å². The highest BCUT2D eigenvalue weighted by molar-refractivity contribution is 5.70. The van der Waals surface area contributed by atoms with Crippen molar-refractivity contribution < 1.29 is 38.2 Å². The topological polar surface area (TPSA) is 102 Å². The Hall–Kier alpha value is -3.75. The molecular weight excluding hydrogens is 703 g/mol. The first-order chi connectivity index (χ1) is 27.1. The van der Waals surface area contributed by atoms with Gasteiger partial charge in [0.25, 0.3) is 0 Å². The van der Waals surface area contributed by atoms with Crippen molar-refractivity contribution in [1.29, 1.82) is 0 Å². The number of carbonyl (C=O) groups is 3. The molecular formula is C48H77NO7. The number of likely N-dealkylation sites (N-methyl/N-ethyl adjacent to an activating group) is 1. The predicted octanol–water partition coefficient (Wildman–Crippen LogP) is 10.2. The number of carbonyl (C=O) groups excluding carboxylic acids is 3. The minimum absolute atomic E-state index is 0.0151. The zero-order valence-corrected chi connectivity index (χ0v) is 35.8. The zero-order valence-electron chi connectivity index (χ0n) is 35.8. The van der Waals surface area contributed by atoms with Crippen molar-refractivity contribution in [2.24, 2.45) is 0 Å². The number of rotatable bonds is 36. The van der Waals surface area contributed by atoms with Crippen LogP contribution in [-0.4, -0.2) is 75.5 Å². The molecule has 0 aromatic heterocycles. The van der Waals surface area contributed by atoms with Crippen LogP contribution in [0.4, 0.5) is 0 Å². The molecule has 0 aromatic rings. The van der Waals surface area contributed by atoms with Crippen molar-refractivity contribution >= 4 is 17.9 Å². The van der Waals surface area contributed by atoms with Crippen LogP contribution in [0, 0.1) is 0 Å². The Bertz CT molecular complexity index is 1230. The van der Waals surface area contributed by atoms with Gasteiger partial charge >= 0.3 is 11.9 Å². The van der Waals surface area contributed by atoms with Crippen molar-refractivity contribution in [3.63, 3.8) is 0 Å². The predicted molar refractivity (Wildman–Crippen MR) is 231 cm³/mol. The third kappa shape index (κ3) is 35.9. The number of quaternary nitrogens is 1. The smallest absolute Gasteiger partial charge is 0.306 e. The Morgan fingerprint density at radius 3 is 1.62 bits per heavy atom. The van der Waals surface area contributed by atoms with Crippen LogP contribution in [0.5, 0.6) is 0 Å². The van der Waals surface area contributed by atoms with E-state index in [1.54, 1.807) is 21.1 Å². The molecule has 8 nitrogen and oxygen atoms in total. The van der Waals surface area contributed by atoms with Crippen LogP contribution in [0.25, 0.3) is 0 Å². The fourth-order valence-corrected chi connectivity index (χ4v) is 5.54. The van der Waals surface area contributed by atoms with E-state index in [9.17, 15) is 19.5 Å². The number of allylic oxidation sites excluding steroid dienone is 16. The Kier molecular flexibility index (Phi) is 35.6.